The van der Waals surface area contributed by atoms with Crippen LogP contribution in [0, 0.1) is 0 Å². The van der Waals surface area contributed by atoms with Crippen molar-refractivity contribution < 1.29 is 14.8 Å². The molecular weight excluding hydrogens is 367 g/mol. The summed E-state index contributed by atoms with van der Waals surface area (Å²) < 4.78 is 14.0. The Kier molecular flexibility index (Phi) is 7.07. The van der Waals surface area contributed by atoms with E-state index in [2.05, 4.69) is 6.92 Å². The molecule has 0 saturated heterocycles. The molecule has 0 aromatic heterocycles. The van der Waals surface area contributed by atoms with Gasteiger partial charge in [0.1, 0.15) is 7.14 Å². The van der Waals surface area contributed by atoms with Gasteiger partial charge in [0.05, 0.1) is 12.2 Å². The third-order valence-electron chi connectivity index (χ3n) is 5.33. The van der Waals surface area contributed by atoms with Crippen molar-refractivity contribution in [2.24, 2.45) is 0 Å². The molecule has 0 radical (unpaired) electrons. The zero-order valence-corrected chi connectivity index (χ0v) is 17.3. The van der Waals surface area contributed by atoms with Gasteiger partial charge in [-0.3, -0.25) is 0 Å². The Morgan fingerprint density at radius 3 is 1.86 bits per heavy atom. The lowest BCUT2D eigenvalue weighted by Gasteiger charge is -2.29. The molecule has 2 N–H and O–H groups in total. The van der Waals surface area contributed by atoms with Crippen LogP contribution in [0.5, 0.6) is 0 Å². The molecule has 0 amide bonds. The van der Waals surface area contributed by atoms with Crippen molar-refractivity contribution in [2.45, 2.75) is 44.8 Å². The van der Waals surface area contributed by atoms with Gasteiger partial charge in [0.15, 0.2) is 0 Å². The van der Waals surface area contributed by atoms with Gasteiger partial charge in [-0.1, -0.05) is 91.7 Å². The van der Waals surface area contributed by atoms with Crippen LogP contribution in [0.4, 0.5) is 0 Å². The zero-order valence-electron chi connectivity index (χ0n) is 16.4. The molecule has 0 bridgehead atoms. The molecule has 148 valence electrons. The highest BCUT2D eigenvalue weighted by Gasteiger charge is 2.29. The van der Waals surface area contributed by atoms with Gasteiger partial charge in [0.25, 0.3) is 0 Å². The van der Waals surface area contributed by atoms with Crippen LogP contribution in [-0.4, -0.2) is 28.6 Å². The Morgan fingerprint density at radius 2 is 1.39 bits per heavy atom. The van der Waals surface area contributed by atoms with Crippen molar-refractivity contribution in [1.29, 1.82) is 0 Å². The summed E-state index contributed by atoms with van der Waals surface area (Å²) >= 11 is 0. The Labute approximate surface area is 167 Å². The molecule has 28 heavy (non-hydrogen) atoms. The summed E-state index contributed by atoms with van der Waals surface area (Å²) in [5.41, 5.74) is 1.70. The van der Waals surface area contributed by atoms with Gasteiger partial charge in [-0.25, -0.2) is 0 Å². The second kappa shape index (κ2) is 9.52. The summed E-state index contributed by atoms with van der Waals surface area (Å²) in [5.74, 6) is 0. The average Bonchev–Trinajstić information content (AvgIpc) is 2.73. The van der Waals surface area contributed by atoms with Gasteiger partial charge >= 0.3 is 0 Å². The van der Waals surface area contributed by atoms with Gasteiger partial charge in [-0.05, 0) is 24.8 Å². The molecule has 4 heteroatoms. The number of benzene rings is 2. The maximum atomic E-state index is 14.0. The minimum absolute atomic E-state index is 0.393. The van der Waals surface area contributed by atoms with Crippen molar-refractivity contribution in [1.82, 2.24) is 0 Å². The molecule has 1 aliphatic carbocycles. The molecule has 0 spiro atoms. The standard InChI is InChI=1S/C24H29O3P/c1-2-3-14-22-23(25)17-19(18-24(22)26)15-16-28(27,20-10-6-4-7-11-20)21-12-8-5-9-13-21/h4-15,23-26H,2-3,16-18H2,1H3/t23-,24-/m1/s1. The van der Waals surface area contributed by atoms with E-state index in [1.807, 2.05) is 72.8 Å². The lowest BCUT2D eigenvalue weighted by atomic mass is 9.85. The van der Waals surface area contributed by atoms with E-state index in [1.54, 1.807) is 0 Å². The number of aliphatic hydroxyl groups excluding tert-OH is 2. The van der Waals surface area contributed by atoms with Gasteiger partial charge in [-0.2, -0.15) is 0 Å². The zero-order chi connectivity index (χ0) is 20.0. The number of allylic oxidation sites excluding steroid dienone is 2. The molecule has 1 fully saturated rings. The molecular formula is C24H29O3P. The molecule has 1 aliphatic rings. The van der Waals surface area contributed by atoms with Crippen molar-refractivity contribution in [3.05, 3.63) is 84.0 Å². The van der Waals surface area contributed by atoms with Crippen LogP contribution in [-0.2, 0) is 4.57 Å². The van der Waals surface area contributed by atoms with Crippen molar-refractivity contribution >= 4 is 17.8 Å². The van der Waals surface area contributed by atoms with Crippen LogP contribution in [0.25, 0.3) is 0 Å². The first kappa shape index (κ1) is 20.8. The Bertz CT molecular complexity index is 812. The highest BCUT2D eigenvalue weighted by molar-refractivity contribution is 7.78. The monoisotopic (exact) mass is 396 g/mol. The van der Waals surface area contributed by atoms with E-state index < -0.39 is 19.3 Å². The fraction of sp³-hybridized carbons (Fsp3) is 0.333. The van der Waals surface area contributed by atoms with Crippen LogP contribution in [0.15, 0.2) is 84.0 Å². The summed E-state index contributed by atoms with van der Waals surface area (Å²) in [4.78, 5) is 0. The van der Waals surface area contributed by atoms with Gasteiger partial charge in [-0.15, -0.1) is 0 Å². The number of aliphatic hydroxyl groups is 2. The first-order valence-corrected chi connectivity index (χ1v) is 11.9. The van der Waals surface area contributed by atoms with E-state index in [1.165, 1.54) is 0 Å². The highest BCUT2D eigenvalue weighted by atomic mass is 31.2. The van der Waals surface area contributed by atoms with Crippen molar-refractivity contribution in [3.63, 3.8) is 0 Å². The van der Waals surface area contributed by atoms with E-state index in [9.17, 15) is 14.8 Å². The van der Waals surface area contributed by atoms with Gasteiger partial charge < -0.3 is 14.8 Å². The van der Waals surface area contributed by atoms with Crippen molar-refractivity contribution in [2.75, 3.05) is 6.16 Å². The van der Waals surface area contributed by atoms with Crippen molar-refractivity contribution in [3.8, 4) is 0 Å². The Morgan fingerprint density at radius 1 is 0.893 bits per heavy atom. The van der Waals surface area contributed by atoms with E-state index >= 15 is 0 Å². The molecule has 3 nitrogen and oxygen atoms in total. The van der Waals surface area contributed by atoms with E-state index in [-0.39, 0.29) is 0 Å². The first-order chi connectivity index (χ1) is 13.5. The third kappa shape index (κ3) is 4.72. The summed E-state index contributed by atoms with van der Waals surface area (Å²) in [6.45, 7) is 2.08. The summed E-state index contributed by atoms with van der Waals surface area (Å²) in [5, 5.41) is 22.6. The Balaban J connectivity index is 1.86. The Hall–Kier alpha value is -1.93. The molecule has 2 atom stereocenters. The van der Waals surface area contributed by atoms with Crippen LogP contribution in [0.3, 0.4) is 0 Å². The lowest BCUT2D eigenvalue weighted by Crippen LogP contribution is -2.29. The van der Waals surface area contributed by atoms with Crippen LogP contribution < -0.4 is 10.6 Å². The van der Waals surface area contributed by atoms with E-state index in [4.69, 9.17) is 0 Å². The average molecular weight is 396 g/mol. The molecule has 2 aromatic carbocycles. The maximum Gasteiger partial charge on any atom is 0.146 e. The lowest BCUT2D eigenvalue weighted by molar-refractivity contribution is 0.122. The molecule has 0 aliphatic heterocycles. The molecule has 2 aromatic rings. The molecule has 3 rings (SSSR count). The van der Waals surface area contributed by atoms with Gasteiger partial charge in [0.2, 0.25) is 0 Å². The molecule has 0 heterocycles. The quantitative estimate of drug-likeness (QED) is 0.569. The largest absolute Gasteiger partial charge is 0.388 e. The van der Waals surface area contributed by atoms with E-state index in [0.29, 0.717) is 19.0 Å². The summed E-state index contributed by atoms with van der Waals surface area (Å²) in [7, 11) is -2.82. The molecule has 0 unspecified atom stereocenters. The fourth-order valence-corrected chi connectivity index (χ4v) is 6.29. The van der Waals surface area contributed by atoms with Crippen LogP contribution >= 0.6 is 7.14 Å². The normalized spacial score (nSPS) is 20.1. The maximum absolute atomic E-state index is 14.0. The van der Waals surface area contributed by atoms with E-state index in [0.717, 1.165) is 34.6 Å². The summed E-state index contributed by atoms with van der Waals surface area (Å²) in [6.07, 6.45) is 5.86. The minimum Gasteiger partial charge on any atom is -0.388 e. The second-order valence-electron chi connectivity index (χ2n) is 7.39. The smallest absolute Gasteiger partial charge is 0.146 e. The van der Waals surface area contributed by atoms with Crippen LogP contribution in [0.2, 0.25) is 0 Å². The predicted molar refractivity (Wildman–Crippen MR) is 117 cm³/mol. The first-order valence-electron chi connectivity index (χ1n) is 9.99. The highest BCUT2D eigenvalue weighted by Crippen LogP contribution is 2.44. The topological polar surface area (TPSA) is 57.5 Å². The summed E-state index contributed by atoms with van der Waals surface area (Å²) in [6, 6.07) is 19.2. The number of rotatable bonds is 6. The SMILES string of the molecule is CCCC=C1[C@H](O)CC(=CCP(=O)(c2ccccc2)c2ccccc2)C[C@H]1O. The minimum atomic E-state index is -2.82. The number of hydrogen-bond donors (Lipinski definition) is 2. The molecule has 1 saturated carbocycles. The fourth-order valence-electron chi connectivity index (χ4n) is 3.74. The van der Waals surface area contributed by atoms with Crippen LogP contribution in [0.1, 0.15) is 32.6 Å². The van der Waals surface area contributed by atoms with Gasteiger partial charge in [0, 0.05) is 16.8 Å². The third-order valence-corrected chi connectivity index (χ3v) is 8.29. The second-order valence-corrected chi connectivity index (χ2v) is 10.3. The predicted octanol–water partition coefficient (Wildman–Crippen LogP) is 4.17. The number of hydrogen-bond acceptors (Lipinski definition) is 3. The number of unbranched alkanes of at least 4 members (excludes halogenated alkanes) is 1.